The van der Waals surface area contributed by atoms with Gasteiger partial charge in [-0.15, -0.1) is 0 Å². The highest BCUT2D eigenvalue weighted by Crippen LogP contribution is 2.31. The maximum atomic E-state index is 11.1. The second-order valence-corrected chi connectivity index (χ2v) is 6.84. The van der Waals surface area contributed by atoms with Gasteiger partial charge in [0.2, 0.25) is 0 Å². The molecule has 94 valence electrons. The van der Waals surface area contributed by atoms with Crippen molar-refractivity contribution in [1.29, 1.82) is 0 Å². The predicted molar refractivity (Wildman–Crippen MR) is 71.8 cm³/mol. The Kier molecular flexibility index (Phi) is 6.96. The van der Waals surface area contributed by atoms with Crippen LogP contribution in [-0.4, -0.2) is 17.4 Å². The van der Waals surface area contributed by atoms with E-state index in [1.165, 1.54) is 7.11 Å². The lowest BCUT2D eigenvalue weighted by Gasteiger charge is -2.23. The number of hydrogen-bond acceptors (Lipinski definition) is 2. The number of rotatable bonds is 6. The Labute approximate surface area is 108 Å². The number of hydrogen-bond donors (Lipinski definition) is 0. The van der Waals surface area contributed by atoms with Gasteiger partial charge in [-0.25, -0.2) is 4.79 Å². The van der Waals surface area contributed by atoms with Gasteiger partial charge in [0.1, 0.15) is 0 Å². The van der Waals surface area contributed by atoms with Crippen LogP contribution in [0.25, 0.3) is 0 Å². The van der Waals surface area contributed by atoms with Crippen LogP contribution in [0.3, 0.4) is 0 Å². The highest BCUT2D eigenvalue weighted by Gasteiger charge is 2.20. The summed E-state index contributed by atoms with van der Waals surface area (Å²) < 4.78 is 4.80. The summed E-state index contributed by atoms with van der Waals surface area (Å²) in [6.45, 7) is 8.43. The van der Waals surface area contributed by atoms with Crippen molar-refractivity contribution in [2.24, 2.45) is 5.92 Å². The van der Waals surface area contributed by atoms with Crippen molar-refractivity contribution >= 4 is 21.9 Å². The van der Waals surface area contributed by atoms with Gasteiger partial charge in [0, 0.05) is 9.90 Å². The zero-order chi connectivity index (χ0) is 12.8. The molecule has 0 aliphatic carbocycles. The first-order chi connectivity index (χ1) is 7.28. The number of carbonyl (C=O) groups excluding carboxylic acids is 1. The lowest BCUT2D eigenvalue weighted by Crippen LogP contribution is -2.18. The smallest absolute Gasteiger partial charge is 0.333 e. The zero-order valence-corrected chi connectivity index (χ0v) is 12.6. The number of esters is 1. The van der Waals surface area contributed by atoms with Crippen LogP contribution >= 0.6 is 15.9 Å². The molecular weight excluding hydrogens is 268 g/mol. The monoisotopic (exact) mass is 290 g/mol. The molecule has 0 saturated carbocycles. The van der Waals surface area contributed by atoms with Crippen LogP contribution in [0.2, 0.25) is 0 Å². The minimum Gasteiger partial charge on any atom is -0.466 e. The van der Waals surface area contributed by atoms with Crippen LogP contribution in [0.5, 0.6) is 0 Å². The van der Waals surface area contributed by atoms with Gasteiger partial charge in [0.05, 0.1) is 7.11 Å². The summed E-state index contributed by atoms with van der Waals surface area (Å²) in [6.07, 6.45) is 5.01. The maximum Gasteiger partial charge on any atom is 0.333 e. The highest BCUT2D eigenvalue weighted by atomic mass is 79.9. The maximum absolute atomic E-state index is 11.1. The third-order valence-electron chi connectivity index (χ3n) is 2.46. The summed E-state index contributed by atoms with van der Waals surface area (Å²) in [5, 5.41) is 0. The van der Waals surface area contributed by atoms with E-state index in [1.807, 2.05) is 6.08 Å². The van der Waals surface area contributed by atoms with Gasteiger partial charge in [0.25, 0.3) is 0 Å². The largest absolute Gasteiger partial charge is 0.466 e. The first kappa shape index (κ1) is 15.7. The third kappa shape index (κ3) is 7.04. The molecule has 1 unspecified atom stereocenters. The van der Waals surface area contributed by atoms with Gasteiger partial charge in [0.15, 0.2) is 0 Å². The Hall–Kier alpha value is -0.310. The van der Waals surface area contributed by atoms with E-state index in [2.05, 4.69) is 41.4 Å². The second-order valence-electron chi connectivity index (χ2n) is 4.93. The summed E-state index contributed by atoms with van der Waals surface area (Å²) >= 11 is 3.74. The molecule has 0 heterocycles. The Morgan fingerprint density at radius 3 is 2.50 bits per heavy atom. The zero-order valence-electron chi connectivity index (χ0n) is 11.0. The van der Waals surface area contributed by atoms with Crippen molar-refractivity contribution in [1.82, 2.24) is 0 Å². The fraction of sp³-hybridized carbons (Fsp3) is 0.769. The van der Waals surface area contributed by atoms with Crippen molar-refractivity contribution in [3.63, 3.8) is 0 Å². The van der Waals surface area contributed by atoms with E-state index in [0.717, 1.165) is 19.3 Å². The molecule has 0 aliphatic rings. The van der Waals surface area contributed by atoms with Gasteiger partial charge in [-0.2, -0.15) is 0 Å². The van der Waals surface area contributed by atoms with Gasteiger partial charge >= 0.3 is 5.97 Å². The van der Waals surface area contributed by atoms with Crippen LogP contribution < -0.4 is 0 Å². The van der Waals surface area contributed by atoms with E-state index in [-0.39, 0.29) is 10.3 Å². The van der Waals surface area contributed by atoms with E-state index in [4.69, 9.17) is 0 Å². The van der Waals surface area contributed by atoms with Gasteiger partial charge in [-0.3, -0.25) is 0 Å². The molecule has 2 nitrogen and oxygen atoms in total. The normalized spacial score (nSPS) is 16.1. The topological polar surface area (TPSA) is 26.3 Å². The Bertz CT molecular complexity index is 255. The molecule has 0 N–H and O–H groups in total. The van der Waals surface area contributed by atoms with Crippen molar-refractivity contribution in [2.75, 3.05) is 7.11 Å². The molecule has 0 saturated heterocycles. The van der Waals surface area contributed by atoms with Gasteiger partial charge in [-0.05, 0) is 39.0 Å². The fourth-order valence-corrected chi connectivity index (χ4v) is 2.66. The number of ether oxygens (including phenoxy) is 1. The molecule has 0 radical (unpaired) electrons. The molecule has 0 aromatic heterocycles. The predicted octanol–water partition coefficient (Wildman–Crippen LogP) is 4.09. The highest BCUT2D eigenvalue weighted by molar-refractivity contribution is 9.10. The molecule has 0 rings (SSSR count). The van der Waals surface area contributed by atoms with Crippen molar-refractivity contribution < 1.29 is 9.53 Å². The molecule has 0 aromatic rings. The third-order valence-corrected chi connectivity index (χ3v) is 3.18. The minimum atomic E-state index is -0.236. The Balaban J connectivity index is 4.10. The van der Waals surface area contributed by atoms with E-state index in [1.54, 1.807) is 6.92 Å². The number of allylic oxidation sites excluding steroid dienone is 1. The summed E-state index contributed by atoms with van der Waals surface area (Å²) in [5.74, 6) is 0.440. The Morgan fingerprint density at radius 2 is 2.06 bits per heavy atom. The number of alkyl halides is 1. The van der Waals surface area contributed by atoms with Crippen LogP contribution in [-0.2, 0) is 9.53 Å². The summed E-state index contributed by atoms with van der Waals surface area (Å²) in [4.78, 5) is 11.1. The van der Waals surface area contributed by atoms with Crippen LogP contribution in [0.4, 0.5) is 0 Å². The quantitative estimate of drug-likeness (QED) is 0.418. The van der Waals surface area contributed by atoms with Crippen molar-refractivity contribution in [2.45, 2.75) is 51.3 Å². The fourth-order valence-electron chi connectivity index (χ4n) is 1.79. The molecule has 16 heavy (non-hydrogen) atoms. The molecule has 0 aromatic carbocycles. The van der Waals surface area contributed by atoms with Crippen molar-refractivity contribution in [3.8, 4) is 0 Å². The van der Waals surface area contributed by atoms with E-state index in [9.17, 15) is 4.79 Å². The molecule has 0 aliphatic heterocycles. The molecule has 0 fully saturated rings. The summed E-state index contributed by atoms with van der Waals surface area (Å²) in [7, 11) is 1.41. The SMILES string of the molecule is COC(=O)/C(C)=C\CCC(C)(Br)CC(C)C. The molecule has 1 atom stereocenters. The molecule has 0 bridgehead atoms. The molecule has 0 amide bonds. The van der Waals surface area contributed by atoms with Gasteiger partial charge in [-0.1, -0.05) is 35.9 Å². The first-order valence-corrected chi connectivity index (χ1v) is 6.52. The number of methoxy groups -OCH3 is 1. The van der Waals surface area contributed by atoms with E-state index < -0.39 is 0 Å². The van der Waals surface area contributed by atoms with Crippen LogP contribution in [0.15, 0.2) is 11.6 Å². The number of halogens is 1. The second kappa shape index (κ2) is 7.10. The number of carbonyl (C=O) groups is 1. The summed E-state index contributed by atoms with van der Waals surface area (Å²) in [6, 6.07) is 0. The molecular formula is C13H23BrO2. The lowest BCUT2D eigenvalue weighted by molar-refractivity contribution is -0.136. The van der Waals surface area contributed by atoms with Crippen molar-refractivity contribution in [3.05, 3.63) is 11.6 Å². The average molecular weight is 291 g/mol. The molecule has 3 heteroatoms. The average Bonchev–Trinajstić information content (AvgIpc) is 2.13. The molecule has 0 spiro atoms. The van der Waals surface area contributed by atoms with E-state index in [0.29, 0.717) is 11.5 Å². The minimum absolute atomic E-state index is 0.161. The van der Waals surface area contributed by atoms with Crippen LogP contribution in [0, 0.1) is 5.92 Å². The van der Waals surface area contributed by atoms with Crippen LogP contribution in [0.1, 0.15) is 47.0 Å². The van der Waals surface area contributed by atoms with Gasteiger partial charge < -0.3 is 4.74 Å². The Morgan fingerprint density at radius 1 is 1.50 bits per heavy atom. The van der Waals surface area contributed by atoms with E-state index >= 15 is 0 Å². The lowest BCUT2D eigenvalue weighted by atomic mass is 9.94. The summed E-state index contributed by atoms with van der Waals surface area (Å²) in [5.41, 5.74) is 0.690. The standard InChI is InChI=1S/C13H23BrO2/c1-10(2)9-13(4,14)8-6-7-11(3)12(15)16-5/h7,10H,6,8-9H2,1-5H3/b11-7-. The first-order valence-electron chi connectivity index (χ1n) is 5.72.